The molecule has 0 aliphatic heterocycles. The normalized spacial score (nSPS) is 10.7. The minimum absolute atomic E-state index is 0.0937. The van der Waals surface area contributed by atoms with Crippen molar-refractivity contribution in [2.24, 2.45) is 4.99 Å². The molecule has 0 amide bonds. The zero-order valence-corrected chi connectivity index (χ0v) is 12.7. The Balaban J connectivity index is 2.12. The first-order valence-electron chi connectivity index (χ1n) is 6.24. The van der Waals surface area contributed by atoms with E-state index in [-0.39, 0.29) is 10.7 Å². The monoisotopic (exact) mass is 320 g/mol. The highest BCUT2D eigenvalue weighted by molar-refractivity contribution is 6.32. The number of ether oxygens (including phenoxy) is 1. The third kappa shape index (κ3) is 4.16. The Kier molecular flexibility index (Phi) is 4.90. The Labute approximate surface area is 132 Å². The van der Waals surface area contributed by atoms with Crippen molar-refractivity contribution in [3.8, 4) is 11.5 Å². The van der Waals surface area contributed by atoms with Gasteiger partial charge in [-0.2, -0.15) is 0 Å². The first-order chi connectivity index (χ1) is 10.5. The van der Waals surface area contributed by atoms with Crippen LogP contribution in [0.5, 0.6) is 11.5 Å². The molecular weight excluding hydrogens is 308 g/mol. The highest BCUT2D eigenvalue weighted by Crippen LogP contribution is 2.32. The van der Waals surface area contributed by atoms with Crippen molar-refractivity contribution >= 4 is 29.4 Å². The molecule has 0 radical (unpaired) electrons. The van der Waals surface area contributed by atoms with Crippen LogP contribution in [-0.2, 0) is 0 Å². The Morgan fingerprint density at radius 3 is 2.68 bits per heavy atom. The SMILES string of the molecule is CN(C)C=Nc1ccc(Oc2ccc([N+](=O)[O-])cc2Cl)cn1. The van der Waals surface area contributed by atoms with Crippen molar-refractivity contribution in [3.63, 3.8) is 0 Å². The van der Waals surface area contributed by atoms with E-state index in [9.17, 15) is 10.1 Å². The van der Waals surface area contributed by atoms with Gasteiger partial charge in [0.25, 0.3) is 5.69 Å². The van der Waals surface area contributed by atoms with Gasteiger partial charge in [0.05, 0.1) is 22.5 Å². The van der Waals surface area contributed by atoms with Gasteiger partial charge in [-0.1, -0.05) is 11.6 Å². The molecule has 22 heavy (non-hydrogen) atoms. The molecule has 1 heterocycles. The average Bonchev–Trinajstić information content (AvgIpc) is 2.48. The maximum Gasteiger partial charge on any atom is 0.271 e. The number of nitro benzene ring substituents is 1. The molecule has 0 saturated carbocycles. The predicted octanol–water partition coefficient (Wildman–Crippen LogP) is 3.66. The van der Waals surface area contributed by atoms with Crippen LogP contribution in [0.4, 0.5) is 11.5 Å². The zero-order valence-electron chi connectivity index (χ0n) is 11.9. The van der Waals surface area contributed by atoms with E-state index >= 15 is 0 Å². The Morgan fingerprint density at radius 1 is 1.36 bits per heavy atom. The lowest BCUT2D eigenvalue weighted by Gasteiger charge is -2.07. The number of nitrogens with zero attached hydrogens (tertiary/aromatic N) is 4. The predicted molar refractivity (Wildman–Crippen MR) is 84.3 cm³/mol. The minimum Gasteiger partial charge on any atom is -0.454 e. The fraction of sp³-hybridized carbons (Fsp3) is 0.143. The topological polar surface area (TPSA) is 80.9 Å². The van der Waals surface area contributed by atoms with E-state index in [0.29, 0.717) is 17.3 Å². The van der Waals surface area contributed by atoms with Gasteiger partial charge in [-0.25, -0.2) is 9.98 Å². The molecule has 1 aromatic heterocycles. The zero-order chi connectivity index (χ0) is 16.1. The van der Waals surface area contributed by atoms with E-state index in [1.807, 2.05) is 14.1 Å². The van der Waals surface area contributed by atoms with Crippen LogP contribution in [-0.4, -0.2) is 35.2 Å². The van der Waals surface area contributed by atoms with Crippen LogP contribution in [0.1, 0.15) is 0 Å². The number of aromatic nitrogens is 1. The van der Waals surface area contributed by atoms with Crippen LogP contribution in [0.15, 0.2) is 41.5 Å². The number of pyridine rings is 1. The maximum atomic E-state index is 10.6. The van der Waals surface area contributed by atoms with Gasteiger partial charge in [-0.15, -0.1) is 0 Å². The second kappa shape index (κ2) is 6.86. The molecule has 0 saturated heterocycles. The summed E-state index contributed by atoms with van der Waals surface area (Å²) in [4.78, 5) is 20.2. The van der Waals surface area contributed by atoms with E-state index in [2.05, 4.69) is 9.98 Å². The van der Waals surface area contributed by atoms with Crippen molar-refractivity contribution < 1.29 is 9.66 Å². The van der Waals surface area contributed by atoms with E-state index < -0.39 is 4.92 Å². The summed E-state index contributed by atoms with van der Waals surface area (Å²) in [5.41, 5.74) is -0.0937. The number of aliphatic imine (C=N–C) groups is 1. The van der Waals surface area contributed by atoms with Crippen molar-refractivity contribution in [2.75, 3.05) is 14.1 Å². The fourth-order valence-electron chi connectivity index (χ4n) is 1.50. The smallest absolute Gasteiger partial charge is 0.271 e. The number of halogens is 1. The van der Waals surface area contributed by atoms with Crippen LogP contribution in [0.25, 0.3) is 0 Å². The molecule has 114 valence electrons. The molecule has 0 N–H and O–H groups in total. The van der Waals surface area contributed by atoms with E-state index in [4.69, 9.17) is 16.3 Å². The van der Waals surface area contributed by atoms with Crippen LogP contribution in [0.2, 0.25) is 5.02 Å². The number of rotatable bonds is 5. The molecule has 7 nitrogen and oxygen atoms in total. The van der Waals surface area contributed by atoms with Gasteiger partial charge in [0.15, 0.2) is 5.82 Å². The van der Waals surface area contributed by atoms with Crippen LogP contribution >= 0.6 is 11.6 Å². The molecule has 0 aliphatic rings. The highest BCUT2D eigenvalue weighted by Gasteiger charge is 2.11. The average molecular weight is 321 g/mol. The molecule has 0 spiro atoms. The van der Waals surface area contributed by atoms with Crippen molar-refractivity contribution in [1.29, 1.82) is 0 Å². The van der Waals surface area contributed by atoms with Gasteiger partial charge in [0.1, 0.15) is 11.5 Å². The number of hydrogen-bond acceptors (Lipinski definition) is 5. The molecule has 0 atom stereocenters. The van der Waals surface area contributed by atoms with Crippen molar-refractivity contribution in [2.45, 2.75) is 0 Å². The van der Waals surface area contributed by atoms with Crippen LogP contribution in [0, 0.1) is 10.1 Å². The lowest BCUT2D eigenvalue weighted by molar-refractivity contribution is -0.384. The second-order valence-corrected chi connectivity index (χ2v) is 4.94. The molecular formula is C14H13ClN4O3. The molecule has 1 aromatic carbocycles. The summed E-state index contributed by atoms with van der Waals surface area (Å²) < 4.78 is 5.55. The molecule has 0 fully saturated rings. The summed E-state index contributed by atoms with van der Waals surface area (Å²) in [6, 6.07) is 7.38. The molecule has 8 heteroatoms. The fourth-order valence-corrected chi connectivity index (χ4v) is 1.71. The van der Waals surface area contributed by atoms with Gasteiger partial charge in [-0.3, -0.25) is 10.1 Å². The summed E-state index contributed by atoms with van der Waals surface area (Å²) in [5.74, 6) is 1.31. The van der Waals surface area contributed by atoms with E-state index in [1.165, 1.54) is 24.4 Å². The van der Waals surface area contributed by atoms with E-state index in [1.54, 1.807) is 23.4 Å². The number of nitro groups is 1. The summed E-state index contributed by atoms with van der Waals surface area (Å²) in [5, 5.41) is 10.8. The highest BCUT2D eigenvalue weighted by atomic mass is 35.5. The third-order valence-electron chi connectivity index (χ3n) is 2.50. The molecule has 2 aromatic rings. The first kappa shape index (κ1) is 15.7. The van der Waals surface area contributed by atoms with Gasteiger partial charge in [-0.05, 0) is 18.2 Å². The molecule has 2 rings (SSSR count). The minimum atomic E-state index is -0.519. The Morgan fingerprint density at radius 2 is 2.14 bits per heavy atom. The molecule has 0 aliphatic carbocycles. The van der Waals surface area contributed by atoms with Gasteiger partial charge < -0.3 is 9.64 Å². The van der Waals surface area contributed by atoms with Crippen LogP contribution < -0.4 is 4.74 Å². The van der Waals surface area contributed by atoms with Gasteiger partial charge >= 0.3 is 0 Å². The maximum absolute atomic E-state index is 10.6. The molecule has 0 unspecified atom stereocenters. The first-order valence-corrected chi connectivity index (χ1v) is 6.62. The number of non-ortho nitro benzene ring substituents is 1. The summed E-state index contributed by atoms with van der Waals surface area (Å²) in [6.07, 6.45) is 3.14. The third-order valence-corrected chi connectivity index (χ3v) is 2.79. The molecule has 0 bridgehead atoms. The van der Waals surface area contributed by atoms with Crippen molar-refractivity contribution in [3.05, 3.63) is 51.7 Å². The summed E-state index contributed by atoms with van der Waals surface area (Å²) in [6.45, 7) is 0. The standard InChI is InChI=1S/C14H13ClN4O3/c1-18(2)9-17-14-6-4-11(8-16-14)22-13-5-3-10(19(20)21)7-12(13)15/h3-9H,1-2H3. The van der Waals surface area contributed by atoms with Crippen molar-refractivity contribution in [1.82, 2.24) is 9.88 Å². The Hall–Kier alpha value is -2.67. The number of hydrogen-bond donors (Lipinski definition) is 0. The second-order valence-electron chi connectivity index (χ2n) is 4.53. The van der Waals surface area contributed by atoms with Crippen LogP contribution in [0.3, 0.4) is 0 Å². The lowest BCUT2D eigenvalue weighted by Crippen LogP contribution is -2.07. The number of benzene rings is 1. The van der Waals surface area contributed by atoms with E-state index in [0.717, 1.165) is 0 Å². The summed E-state index contributed by atoms with van der Waals surface area (Å²) >= 11 is 5.96. The van der Waals surface area contributed by atoms with Gasteiger partial charge in [0, 0.05) is 26.2 Å². The Bertz CT molecular complexity index is 702. The van der Waals surface area contributed by atoms with Gasteiger partial charge in [0.2, 0.25) is 0 Å². The summed E-state index contributed by atoms with van der Waals surface area (Å²) in [7, 11) is 3.72. The largest absolute Gasteiger partial charge is 0.454 e. The quantitative estimate of drug-likeness (QED) is 0.363. The lowest BCUT2D eigenvalue weighted by atomic mass is 10.3.